The molecule has 0 aromatic heterocycles. The van der Waals surface area contributed by atoms with Crippen molar-refractivity contribution >= 4 is 11.9 Å². The van der Waals surface area contributed by atoms with Crippen molar-refractivity contribution in [3.8, 4) is 0 Å². The van der Waals surface area contributed by atoms with E-state index in [-0.39, 0.29) is 25.8 Å². The predicted molar refractivity (Wildman–Crippen MR) is 150 cm³/mol. The van der Waals surface area contributed by atoms with Gasteiger partial charge in [0.25, 0.3) is 16.5 Å². The largest absolute Gasteiger partial charge is 0.480 e. The molecule has 4 N–H and O–H groups in total. The molecule has 1 aromatic carbocycles. The maximum Gasteiger partial charge on any atom is 0.320 e. The topological polar surface area (TPSA) is 220 Å². The van der Waals surface area contributed by atoms with Crippen molar-refractivity contribution in [1.82, 2.24) is 10.2 Å². The van der Waals surface area contributed by atoms with E-state index in [0.29, 0.717) is 32.2 Å². The van der Waals surface area contributed by atoms with Gasteiger partial charge in [-0.05, 0) is 56.7 Å². The summed E-state index contributed by atoms with van der Waals surface area (Å²) in [6.07, 6.45) is 0.353. The van der Waals surface area contributed by atoms with Crippen LogP contribution in [0.5, 0.6) is 0 Å². The molecule has 0 bridgehead atoms. The number of carbonyl (C=O) groups is 2. The summed E-state index contributed by atoms with van der Waals surface area (Å²) in [5.41, 5.74) is 6.78. The third-order valence-corrected chi connectivity index (χ3v) is 8.36. The third kappa shape index (κ3) is 7.54. The maximum absolute atomic E-state index is 13.7. The Balaban J connectivity index is 1.79. The summed E-state index contributed by atoms with van der Waals surface area (Å²) in [6.45, 7) is 7.91. The molecule has 1 saturated heterocycles. The number of hydrogen-bond acceptors (Lipinski definition) is 11. The summed E-state index contributed by atoms with van der Waals surface area (Å²) < 4.78 is 1.07. The van der Waals surface area contributed by atoms with Crippen LogP contribution < -0.4 is 11.1 Å². The fourth-order valence-corrected chi connectivity index (χ4v) is 6.19. The van der Waals surface area contributed by atoms with Crippen molar-refractivity contribution in [2.24, 2.45) is 5.73 Å². The molecular formula is C27H41N6O10+. The fraction of sp³-hybridized carbons (Fsp3) is 0.704. The molecule has 43 heavy (non-hydrogen) atoms. The van der Waals surface area contributed by atoms with Gasteiger partial charge in [0, 0.05) is 55.0 Å². The van der Waals surface area contributed by atoms with Gasteiger partial charge in [0.05, 0.1) is 12.1 Å². The molecule has 238 valence electrons. The van der Waals surface area contributed by atoms with Crippen molar-refractivity contribution in [2.75, 3.05) is 13.1 Å². The van der Waals surface area contributed by atoms with Gasteiger partial charge >= 0.3 is 5.97 Å². The van der Waals surface area contributed by atoms with Gasteiger partial charge in [-0.25, -0.2) is 0 Å². The van der Waals surface area contributed by atoms with E-state index >= 15 is 0 Å². The Morgan fingerprint density at radius 1 is 1.09 bits per heavy atom. The molecule has 3 atom stereocenters. The van der Waals surface area contributed by atoms with Gasteiger partial charge < -0.3 is 15.7 Å². The number of nitrogens with one attached hydrogen (secondary N) is 1. The number of nitrogens with zero attached hydrogens (tertiary/aromatic N) is 4. The normalized spacial score (nSPS) is 20.0. The van der Waals surface area contributed by atoms with Gasteiger partial charge in [0.2, 0.25) is 17.0 Å². The highest BCUT2D eigenvalue weighted by Gasteiger charge is 2.58. The zero-order valence-electron chi connectivity index (χ0n) is 24.9. The Kier molecular flexibility index (Phi) is 10.6. The van der Waals surface area contributed by atoms with Crippen LogP contribution in [0.25, 0.3) is 0 Å². The minimum Gasteiger partial charge on any atom is -0.480 e. The lowest BCUT2D eigenvalue weighted by Gasteiger charge is -2.33. The fourth-order valence-electron chi connectivity index (χ4n) is 6.19. The summed E-state index contributed by atoms with van der Waals surface area (Å²) >= 11 is 0. The lowest BCUT2D eigenvalue weighted by Crippen LogP contribution is -2.55. The summed E-state index contributed by atoms with van der Waals surface area (Å²) in [7, 11) is 0. The van der Waals surface area contributed by atoms with Crippen molar-refractivity contribution < 1.29 is 39.3 Å². The molecule has 1 unspecified atom stereocenters. The Labute approximate surface area is 248 Å². The van der Waals surface area contributed by atoms with Crippen molar-refractivity contribution in [1.29, 1.82) is 0 Å². The highest BCUT2D eigenvalue weighted by atomic mass is 17.0. The molecule has 2 heterocycles. The van der Waals surface area contributed by atoms with Gasteiger partial charge in [0.1, 0.15) is 6.04 Å². The first-order valence-electron chi connectivity index (χ1n) is 14.3. The second kappa shape index (κ2) is 13.6. The van der Waals surface area contributed by atoms with E-state index in [4.69, 9.17) is 5.73 Å². The number of likely N-dealkylation sites (tertiary alicyclic amines) is 1. The number of unbranched alkanes of at least 4 members (excludes halogenated alkanes) is 1. The minimum absolute atomic E-state index is 0.126. The second-order valence-corrected chi connectivity index (χ2v) is 12.0. The van der Waals surface area contributed by atoms with Crippen LogP contribution in [0.15, 0.2) is 18.2 Å². The number of carboxylic acids is 1. The molecule has 0 spiro atoms. The van der Waals surface area contributed by atoms with Crippen LogP contribution in [0.2, 0.25) is 0 Å². The number of carboxylic acid groups (broad SMARTS) is 1. The number of aryl methyl sites for hydroxylation is 1. The standard InChI is InChI=1S/C27H40N6O10/c1-26(2)18-12-10-17(16-19(18)27(3,4)31(26)37)11-13-21(24(35)36)29-20(8-5-6-14-28)23(34)30-15-7-9-22(30)25(42-32(38)39)43-33(40)41/h10,12,16,20-22,25,29H,5-9,11,13-15,28H2,1-4H3/p+1/t20-,21-,22?/m0/s1. The SMILES string of the molecule is CC1(C)c2ccc(CC[C@H](N[C@@H](CCCCN)C(=O)N3CCCC3C(O[N+](=O)[O-])O[N+](=O)[O-])C(=O)O)cc2C(C)(C)[N+]1=O. The van der Waals surface area contributed by atoms with Crippen molar-refractivity contribution in [3.05, 3.63) is 60.0 Å². The van der Waals surface area contributed by atoms with E-state index in [1.54, 1.807) is 0 Å². The molecule has 3 rings (SSSR count). The van der Waals surface area contributed by atoms with Crippen molar-refractivity contribution in [2.45, 2.75) is 108 Å². The van der Waals surface area contributed by atoms with Crippen LogP contribution >= 0.6 is 0 Å². The average molecular weight is 610 g/mol. The van der Waals surface area contributed by atoms with Crippen LogP contribution in [-0.2, 0) is 36.8 Å². The lowest BCUT2D eigenvalue weighted by molar-refractivity contribution is -0.852. The molecule has 16 nitrogen and oxygen atoms in total. The van der Waals surface area contributed by atoms with E-state index in [1.807, 2.05) is 45.9 Å². The molecule has 0 saturated carbocycles. The van der Waals surface area contributed by atoms with Crippen LogP contribution in [0.4, 0.5) is 0 Å². The maximum atomic E-state index is 13.7. The predicted octanol–water partition coefficient (Wildman–Crippen LogP) is 2.16. The first-order valence-corrected chi connectivity index (χ1v) is 14.3. The molecule has 1 aromatic rings. The van der Waals surface area contributed by atoms with E-state index in [1.165, 1.54) is 4.90 Å². The minimum atomic E-state index is -1.95. The monoisotopic (exact) mass is 609 g/mol. The molecule has 0 aliphatic carbocycles. The highest BCUT2D eigenvalue weighted by Crippen LogP contribution is 2.46. The number of hydrogen-bond donors (Lipinski definition) is 3. The smallest absolute Gasteiger partial charge is 0.320 e. The molecule has 2 aliphatic heterocycles. The molecule has 1 amide bonds. The van der Waals surface area contributed by atoms with Gasteiger partial charge in [0.15, 0.2) is 0 Å². The summed E-state index contributed by atoms with van der Waals surface area (Å²) in [5, 5.41) is 32.5. The number of aliphatic carboxylic acids is 1. The Bertz CT molecular complexity index is 1220. The number of fused-ring (bicyclic) bond motifs is 1. The number of benzene rings is 1. The number of carbonyl (C=O) groups excluding carboxylic acids is 1. The Morgan fingerprint density at radius 2 is 1.72 bits per heavy atom. The Morgan fingerprint density at radius 3 is 2.30 bits per heavy atom. The van der Waals surface area contributed by atoms with Crippen LogP contribution in [0, 0.1) is 25.1 Å². The van der Waals surface area contributed by atoms with Gasteiger partial charge in [-0.3, -0.25) is 24.6 Å². The van der Waals surface area contributed by atoms with Crippen LogP contribution in [0.1, 0.15) is 82.9 Å². The summed E-state index contributed by atoms with van der Waals surface area (Å²) in [6, 6.07) is 2.44. The molecule has 1 fully saturated rings. The first kappa shape index (κ1) is 33.6. The zero-order chi connectivity index (χ0) is 32.1. The molecule has 2 aliphatic rings. The van der Waals surface area contributed by atoms with Crippen LogP contribution in [0.3, 0.4) is 0 Å². The zero-order valence-corrected chi connectivity index (χ0v) is 24.9. The Hall–Kier alpha value is -3.92. The van der Waals surface area contributed by atoms with E-state index in [0.717, 1.165) is 21.5 Å². The van der Waals surface area contributed by atoms with Crippen molar-refractivity contribution in [3.63, 3.8) is 0 Å². The quantitative estimate of drug-likeness (QED) is 0.0807. The second-order valence-electron chi connectivity index (χ2n) is 12.0. The highest BCUT2D eigenvalue weighted by molar-refractivity contribution is 5.83. The summed E-state index contributed by atoms with van der Waals surface area (Å²) in [4.78, 5) is 70.9. The van der Waals surface area contributed by atoms with Gasteiger partial charge in [-0.1, -0.05) is 18.6 Å². The number of nitrogens with two attached hydrogens (primary N) is 1. The van der Waals surface area contributed by atoms with E-state index in [2.05, 4.69) is 15.0 Å². The molecule has 16 heteroatoms. The van der Waals surface area contributed by atoms with E-state index in [9.17, 15) is 39.8 Å². The average Bonchev–Trinajstić information content (AvgIpc) is 3.46. The number of nitroso groups, excluding NO2 is 1. The molecule has 0 radical (unpaired) electrons. The summed E-state index contributed by atoms with van der Waals surface area (Å²) in [5.74, 6) is -1.74. The lowest BCUT2D eigenvalue weighted by atomic mass is 9.88. The number of rotatable bonds is 16. The number of amides is 1. The van der Waals surface area contributed by atoms with E-state index < -0.39 is 57.5 Å². The van der Waals surface area contributed by atoms with Gasteiger partial charge in [-0.2, -0.15) is 0 Å². The van der Waals surface area contributed by atoms with Gasteiger partial charge in [-0.15, -0.1) is 20.2 Å². The first-order chi connectivity index (χ1) is 20.1. The molecular weight excluding hydrogens is 568 g/mol. The third-order valence-electron chi connectivity index (χ3n) is 8.36. The van der Waals surface area contributed by atoms with Crippen LogP contribution in [-0.4, -0.2) is 74.3 Å².